The number of amides is 1. The normalized spacial score (nSPS) is 13.4. The van der Waals surface area contributed by atoms with Crippen molar-refractivity contribution in [3.63, 3.8) is 0 Å². The number of hydrogen-bond donors (Lipinski definition) is 1. The van der Waals surface area contributed by atoms with Crippen LogP contribution in [0.3, 0.4) is 0 Å². The molecule has 1 N–H and O–H groups in total. The summed E-state index contributed by atoms with van der Waals surface area (Å²) in [6.07, 6.45) is 2.48. The minimum absolute atomic E-state index is 0.382. The van der Waals surface area contributed by atoms with E-state index in [1.165, 1.54) is 6.21 Å². The molecule has 27 heavy (non-hydrogen) atoms. The van der Waals surface area contributed by atoms with Crippen molar-refractivity contribution in [1.82, 2.24) is 5.43 Å². The maximum atomic E-state index is 12.2. The Balaban J connectivity index is 1.68. The number of nitrogens with zero attached hydrogens (tertiary/aromatic N) is 2. The van der Waals surface area contributed by atoms with Crippen LogP contribution < -0.4 is 19.2 Å². The quantitative estimate of drug-likeness (QED) is 0.595. The van der Waals surface area contributed by atoms with E-state index in [1.54, 1.807) is 48.5 Å². The fraction of sp³-hybridized carbons (Fsp3) is 0.222. The molecular weight excluding hydrogens is 370 g/mol. The van der Waals surface area contributed by atoms with Crippen molar-refractivity contribution in [3.8, 4) is 11.5 Å². The molecule has 0 saturated carbocycles. The highest BCUT2D eigenvalue weighted by Gasteiger charge is 2.20. The molecule has 2 aromatic rings. The summed E-state index contributed by atoms with van der Waals surface area (Å²) in [6.45, 7) is 0.530. The van der Waals surface area contributed by atoms with E-state index in [9.17, 15) is 13.2 Å². The molecule has 142 valence electrons. The van der Waals surface area contributed by atoms with Gasteiger partial charge in [-0.15, -0.1) is 0 Å². The van der Waals surface area contributed by atoms with Crippen LogP contribution in [0, 0.1) is 0 Å². The third-order valence-electron chi connectivity index (χ3n) is 3.72. The summed E-state index contributed by atoms with van der Waals surface area (Å²) in [7, 11) is -3.62. The number of sulfonamides is 1. The zero-order valence-corrected chi connectivity index (χ0v) is 15.5. The van der Waals surface area contributed by atoms with Gasteiger partial charge in [0.15, 0.2) is 11.5 Å². The van der Waals surface area contributed by atoms with E-state index in [0.717, 1.165) is 10.6 Å². The van der Waals surface area contributed by atoms with Gasteiger partial charge in [-0.3, -0.25) is 9.10 Å². The van der Waals surface area contributed by atoms with E-state index in [-0.39, 0.29) is 6.54 Å². The molecule has 1 amide bonds. The second-order valence-corrected chi connectivity index (χ2v) is 7.68. The van der Waals surface area contributed by atoms with Gasteiger partial charge in [-0.2, -0.15) is 5.10 Å². The van der Waals surface area contributed by atoms with E-state index in [4.69, 9.17) is 9.47 Å². The van der Waals surface area contributed by atoms with Crippen LogP contribution in [0.25, 0.3) is 0 Å². The standard InChI is InChI=1S/C18H19N3O5S/c1-27(23,24)21(15-7-3-2-4-8-15)13-17(22)20-19-12-14-6-5-9-16-18(14)26-11-10-25-16/h2-9,12H,10-11,13H2,1H3,(H,20,22)/b19-12-. The van der Waals surface area contributed by atoms with Gasteiger partial charge in [0.1, 0.15) is 19.8 Å². The predicted molar refractivity (Wildman–Crippen MR) is 102 cm³/mol. The Morgan fingerprint density at radius 1 is 1.15 bits per heavy atom. The van der Waals surface area contributed by atoms with Crippen LogP contribution in [0.4, 0.5) is 5.69 Å². The van der Waals surface area contributed by atoms with Crippen LogP contribution >= 0.6 is 0 Å². The van der Waals surface area contributed by atoms with E-state index in [1.807, 2.05) is 0 Å². The molecule has 0 aromatic heterocycles. The zero-order valence-electron chi connectivity index (χ0n) is 14.7. The molecule has 0 spiro atoms. The monoisotopic (exact) mass is 389 g/mol. The lowest BCUT2D eigenvalue weighted by molar-refractivity contribution is -0.119. The minimum Gasteiger partial charge on any atom is -0.486 e. The highest BCUT2D eigenvalue weighted by atomic mass is 32.2. The van der Waals surface area contributed by atoms with Crippen molar-refractivity contribution in [2.45, 2.75) is 0 Å². The fourth-order valence-electron chi connectivity index (χ4n) is 2.53. The summed E-state index contributed by atoms with van der Waals surface area (Å²) in [5.74, 6) is 0.607. The SMILES string of the molecule is CS(=O)(=O)N(CC(=O)N/N=C\c1cccc2c1OCCO2)c1ccccc1. The maximum absolute atomic E-state index is 12.2. The van der Waals surface area contributed by atoms with Crippen molar-refractivity contribution in [3.05, 3.63) is 54.1 Å². The van der Waals surface area contributed by atoms with Gasteiger partial charge in [-0.05, 0) is 24.3 Å². The summed E-state index contributed by atoms with van der Waals surface area (Å²) >= 11 is 0. The molecule has 8 nitrogen and oxygen atoms in total. The third-order valence-corrected chi connectivity index (χ3v) is 4.86. The Bertz CT molecular complexity index is 945. The van der Waals surface area contributed by atoms with E-state index in [2.05, 4.69) is 10.5 Å². The van der Waals surface area contributed by atoms with Gasteiger partial charge in [0.25, 0.3) is 5.91 Å². The van der Waals surface area contributed by atoms with E-state index < -0.39 is 15.9 Å². The number of rotatable bonds is 6. The van der Waals surface area contributed by atoms with Gasteiger partial charge in [0.05, 0.1) is 18.2 Å². The largest absolute Gasteiger partial charge is 0.486 e. The second kappa shape index (κ2) is 8.09. The number of fused-ring (bicyclic) bond motifs is 1. The van der Waals surface area contributed by atoms with Crippen LogP contribution in [0.1, 0.15) is 5.56 Å². The molecule has 9 heteroatoms. The first-order valence-electron chi connectivity index (χ1n) is 8.18. The molecule has 0 fully saturated rings. The Labute approximate surface area is 157 Å². The molecule has 2 aromatic carbocycles. The first kappa shape index (κ1) is 18.7. The van der Waals surface area contributed by atoms with Crippen LogP contribution in [0.2, 0.25) is 0 Å². The lowest BCUT2D eigenvalue weighted by Gasteiger charge is -2.21. The molecule has 0 radical (unpaired) electrons. The van der Waals surface area contributed by atoms with Crippen LogP contribution in [-0.4, -0.2) is 46.6 Å². The molecule has 1 aliphatic rings. The van der Waals surface area contributed by atoms with E-state index in [0.29, 0.717) is 36.0 Å². The summed E-state index contributed by atoms with van der Waals surface area (Å²) in [5, 5.41) is 3.90. The van der Waals surface area contributed by atoms with Gasteiger partial charge in [-0.25, -0.2) is 13.8 Å². The number of hydrazone groups is 1. The summed E-state index contributed by atoms with van der Waals surface area (Å²) < 4.78 is 36.1. The smallest absolute Gasteiger partial charge is 0.260 e. The fourth-order valence-corrected chi connectivity index (χ4v) is 3.39. The number of nitrogens with one attached hydrogen (secondary N) is 1. The highest BCUT2D eigenvalue weighted by Crippen LogP contribution is 2.32. The molecule has 3 rings (SSSR count). The van der Waals surface area contributed by atoms with Crippen LogP contribution in [0.15, 0.2) is 53.6 Å². The topological polar surface area (TPSA) is 97.3 Å². The molecule has 1 aliphatic heterocycles. The maximum Gasteiger partial charge on any atom is 0.260 e. The summed E-state index contributed by atoms with van der Waals surface area (Å²) in [5.41, 5.74) is 3.39. The van der Waals surface area contributed by atoms with Gasteiger partial charge < -0.3 is 9.47 Å². The van der Waals surface area contributed by atoms with Gasteiger partial charge in [-0.1, -0.05) is 24.3 Å². The van der Waals surface area contributed by atoms with Crippen molar-refractivity contribution in [2.75, 3.05) is 30.3 Å². The summed E-state index contributed by atoms with van der Waals surface area (Å²) in [6, 6.07) is 13.7. The van der Waals surface area contributed by atoms with E-state index >= 15 is 0 Å². The lowest BCUT2D eigenvalue weighted by atomic mass is 10.2. The number of carbonyl (C=O) groups is 1. The average Bonchev–Trinajstić information content (AvgIpc) is 2.66. The lowest BCUT2D eigenvalue weighted by Crippen LogP contribution is -2.38. The Kier molecular flexibility index (Phi) is 5.60. The number of hydrogen-bond acceptors (Lipinski definition) is 6. The van der Waals surface area contributed by atoms with Gasteiger partial charge in [0, 0.05) is 5.56 Å². The zero-order chi connectivity index (χ0) is 19.3. The number of benzene rings is 2. The first-order valence-corrected chi connectivity index (χ1v) is 10.0. The van der Waals surface area contributed by atoms with Gasteiger partial charge >= 0.3 is 0 Å². The number of ether oxygens (including phenoxy) is 2. The molecule has 0 saturated heterocycles. The van der Waals surface area contributed by atoms with Crippen LogP contribution in [0.5, 0.6) is 11.5 Å². The van der Waals surface area contributed by atoms with Gasteiger partial charge in [0.2, 0.25) is 10.0 Å². The molecule has 0 aliphatic carbocycles. The van der Waals surface area contributed by atoms with Crippen molar-refractivity contribution >= 4 is 27.8 Å². The molecular formula is C18H19N3O5S. The molecule has 0 atom stereocenters. The number of carbonyl (C=O) groups excluding carboxylic acids is 1. The minimum atomic E-state index is -3.62. The molecule has 0 unspecified atom stereocenters. The third kappa shape index (κ3) is 4.76. The molecule has 1 heterocycles. The summed E-state index contributed by atoms with van der Waals surface area (Å²) in [4.78, 5) is 12.2. The Hall–Kier alpha value is -3.07. The Morgan fingerprint density at radius 3 is 2.63 bits per heavy atom. The molecule has 0 bridgehead atoms. The second-order valence-electron chi connectivity index (χ2n) is 5.77. The number of anilines is 1. The van der Waals surface area contributed by atoms with Crippen molar-refractivity contribution < 1.29 is 22.7 Å². The van der Waals surface area contributed by atoms with Crippen molar-refractivity contribution in [2.24, 2.45) is 5.10 Å². The van der Waals surface area contributed by atoms with Crippen molar-refractivity contribution in [1.29, 1.82) is 0 Å². The predicted octanol–water partition coefficient (Wildman–Crippen LogP) is 1.37. The van der Waals surface area contributed by atoms with Crippen LogP contribution in [-0.2, 0) is 14.8 Å². The average molecular weight is 389 g/mol. The first-order chi connectivity index (χ1) is 12.9. The number of para-hydroxylation sites is 2. The Morgan fingerprint density at radius 2 is 1.89 bits per heavy atom. The highest BCUT2D eigenvalue weighted by molar-refractivity contribution is 7.92.